The quantitative estimate of drug-likeness (QED) is 0.555. The molecular weight excluding hydrogens is 236 g/mol. The van der Waals surface area contributed by atoms with Crippen LogP contribution in [0, 0.1) is 5.92 Å². The molecule has 0 unspecified atom stereocenters. The van der Waals surface area contributed by atoms with E-state index in [1.807, 2.05) is 0 Å². The molecule has 0 spiro atoms. The van der Waals surface area contributed by atoms with Crippen molar-refractivity contribution in [3.63, 3.8) is 0 Å². The molecule has 13 heavy (non-hydrogen) atoms. The Bertz CT molecular complexity index is 159. The van der Waals surface area contributed by atoms with E-state index in [1.165, 1.54) is 7.11 Å². The minimum absolute atomic E-state index is 0.118. The number of methoxy groups -OCH3 is 2. The van der Waals surface area contributed by atoms with Crippen LogP contribution in [-0.2, 0) is 14.3 Å². The van der Waals surface area contributed by atoms with Gasteiger partial charge in [0.15, 0.2) is 0 Å². The van der Waals surface area contributed by atoms with Gasteiger partial charge in [-0.05, 0) is 5.92 Å². The predicted molar refractivity (Wildman–Crippen MR) is 55.0 cm³/mol. The molecule has 78 valence electrons. The lowest BCUT2D eigenvalue weighted by molar-refractivity contribution is -0.143. The van der Waals surface area contributed by atoms with Gasteiger partial charge in [0.2, 0.25) is 0 Å². The number of halogens is 1. The van der Waals surface area contributed by atoms with Gasteiger partial charge < -0.3 is 9.47 Å². The second-order valence-corrected chi connectivity index (χ2v) is 4.30. The van der Waals surface area contributed by atoms with Gasteiger partial charge in [-0.25, -0.2) is 0 Å². The zero-order valence-corrected chi connectivity index (χ0v) is 10.1. The molecule has 0 aliphatic carbocycles. The summed E-state index contributed by atoms with van der Waals surface area (Å²) in [6.45, 7) is 4.14. The van der Waals surface area contributed by atoms with Crippen molar-refractivity contribution < 1.29 is 14.3 Å². The Labute approximate surface area is 87.9 Å². The summed E-state index contributed by atoms with van der Waals surface area (Å²) in [6.07, 6.45) is 0.175. The zero-order valence-electron chi connectivity index (χ0n) is 8.54. The van der Waals surface area contributed by atoms with E-state index in [1.54, 1.807) is 7.11 Å². The Balaban J connectivity index is 4.09. The topological polar surface area (TPSA) is 35.5 Å². The van der Waals surface area contributed by atoms with Crippen molar-refractivity contribution in [3.05, 3.63) is 0 Å². The molecule has 0 N–H and O–H groups in total. The normalized spacial score (nSPS) is 15.5. The maximum atomic E-state index is 11.0. The number of rotatable bonds is 5. The van der Waals surface area contributed by atoms with Gasteiger partial charge in [-0.15, -0.1) is 0 Å². The van der Waals surface area contributed by atoms with E-state index < -0.39 is 0 Å². The predicted octanol–water partition coefficient (Wildman–Crippen LogP) is 1.98. The summed E-state index contributed by atoms with van der Waals surface area (Å²) in [5, 5.41) is 0. The summed E-state index contributed by atoms with van der Waals surface area (Å²) in [4.78, 5) is 11.2. The molecule has 0 saturated heterocycles. The van der Waals surface area contributed by atoms with E-state index in [4.69, 9.17) is 4.74 Å². The van der Waals surface area contributed by atoms with Crippen molar-refractivity contribution in [3.8, 4) is 0 Å². The molecule has 0 radical (unpaired) electrons. The van der Waals surface area contributed by atoms with Gasteiger partial charge in [0.05, 0.1) is 19.6 Å². The van der Waals surface area contributed by atoms with Gasteiger partial charge in [-0.2, -0.15) is 0 Å². The number of ether oxygens (including phenoxy) is 2. The van der Waals surface area contributed by atoms with Crippen LogP contribution >= 0.6 is 15.9 Å². The van der Waals surface area contributed by atoms with E-state index in [0.717, 1.165) is 0 Å². The van der Waals surface area contributed by atoms with Crippen molar-refractivity contribution in [1.29, 1.82) is 0 Å². The lowest BCUT2D eigenvalue weighted by Crippen LogP contribution is -2.30. The number of esters is 1. The molecule has 0 bridgehead atoms. The van der Waals surface area contributed by atoms with Crippen LogP contribution in [0.15, 0.2) is 0 Å². The highest BCUT2D eigenvalue weighted by molar-refractivity contribution is 9.09. The molecule has 0 aromatic heterocycles. The van der Waals surface area contributed by atoms with Gasteiger partial charge in [0.1, 0.15) is 0 Å². The third kappa shape index (κ3) is 4.62. The second-order valence-electron chi connectivity index (χ2n) is 3.24. The molecule has 0 rings (SSSR count). The van der Waals surface area contributed by atoms with Crippen LogP contribution in [0.5, 0.6) is 0 Å². The van der Waals surface area contributed by atoms with Crippen molar-refractivity contribution in [2.75, 3.05) is 14.2 Å². The lowest BCUT2D eigenvalue weighted by atomic mass is 10.0. The fourth-order valence-electron chi connectivity index (χ4n) is 1.00. The maximum Gasteiger partial charge on any atom is 0.308 e. The number of hydrogen-bond acceptors (Lipinski definition) is 3. The SMILES string of the molecule is COC(=O)C[C@@H](OC)[C@H](Br)C(C)C. The van der Waals surface area contributed by atoms with E-state index in [2.05, 4.69) is 34.5 Å². The molecule has 0 aliphatic rings. The summed E-state index contributed by atoms with van der Waals surface area (Å²) < 4.78 is 9.77. The molecule has 0 heterocycles. The third-order valence-corrected chi connectivity index (χ3v) is 3.54. The van der Waals surface area contributed by atoms with Gasteiger partial charge in [0, 0.05) is 11.9 Å². The highest BCUT2D eigenvalue weighted by atomic mass is 79.9. The summed E-state index contributed by atoms with van der Waals surface area (Å²) in [7, 11) is 2.98. The summed E-state index contributed by atoms with van der Waals surface area (Å²) >= 11 is 3.49. The molecule has 0 aromatic rings. The minimum Gasteiger partial charge on any atom is -0.469 e. The first kappa shape index (κ1) is 12.9. The fourth-order valence-corrected chi connectivity index (χ4v) is 1.41. The minimum atomic E-state index is -0.239. The second kappa shape index (κ2) is 6.38. The molecule has 0 aromatic carbocycles. The fraction of sp³-hybridized carbons (Fsp3) is 0.889. The Kier molecular flexibility index (Phi) is 6.33. The largest absolute Gasteiger partial charge is 0.469 e. The highest BCUT2D eigenvalue weighted by Crippen LogP contribution is 2.20. The van der Waals surface area contributed by atoms with Gasteiger partial charge in [-0.1, -0.05) is 29.8 Å². The Morgan fingerprint density at radius 1 is 1.38 bits per heavy atom. The van der Waals surface area contributed by atoms with Gasteiger partial charge >= 0.3 is 5.97 Å². The molecule has 2 atom stereocenters. The van der Waals surface area contributed by atoms with Crippen LogP contribution in [0.4, 0.5) is 0 Å². The molecule has 0 aliphatic heterocycles. The first-order valence-electron chi connectivity index (χ1n) is 4.26. The number of alkyl halides is 1. The molecular formula is C9H17BrO3. The van der Waals surface area contributed by atoms with Gasteiger partial charge in [0.25, 0.3) is 0 Å². The summed E-state index contributed by atoms with van der Waals surface area (Å²) in [5.41, 5.74) is 0. The lowest BCUT2D eigenvalue weighted by Gasteiger charge is -2.22. The third-order valence-electron chi connectivity index (χ3n) is 1.89. The van der Waals surface area contributed by atoms with Crippen LogP contribution in [0.25, 0.3) is 0 Å². The van der Waals surface area contributed by atoms with Crippen molar-refractivity contribution in [1.82, 2.24) is 0 Å². The Hall–Kier alpha value is -0.0900. The summed E-state index contributed by atoms with van der Waals surface area (Å²) in [6, 6.07) is 0. The monoisotopic (exact) mass is 252 g/mol. The maximum absolute atomic E-state index is 11.0. The Morgan fingerprint density at radius 3 is 2.23 bits per heavy atom. The van der Waals surface area contributed by atoms with E-state index in [0.29, 0.717) is 12.3 Å². The smallest absolute Gasteiger partial charge is 0.308 e. The molecule has 0 amide bonds. The Morgan fingerprint density at radius 2 is 1.92 bits per heavy atom. The first-order chi connectivity index (χ1) is 6.02. The van der Waals surface area contributed by atoms with Crippen LogP contribution in [0.3, 0.4) is 0 Å². The highest BCUT2D eigenvalue weighted by Gasteiger charge is 2.24. The van der Waals surface area contributed by atoms with Crippen LogP contribution in [-0.4, -0.2) is 31.1 Å². The average Bonchev–Trinajstić information content (AvgIpc) is 2.12. The summed E-state index contributed by atoms with van der Waals surface area (Å²) in [5.74, 6) is 0.187. The van der Waals surface area contributed by atoms with Crippen molar-refractivity contribution in [2.45, 2.75) is 31.2 Å². The molecule has 0 fully saturated rings. The number of carbonyl (C=O) groups is 1. The number of hydrogen-bond donors (Lipinski definition) is 0. The van der Waals surface area contributed by atoms with E-state index >= 15 is 0 Å². The van der Waals surface area contributed by atoms with Crippen molar-refractivity contribution >= 4 is 21.9 Å². The standard InChI is InChI=1S/C9H17BrO3/c1-6(2)9(10)7(12-3)5-8(11)13-4/h6-7,9H,5H2,1-4H3/t7-,9-/m1/s1. The first-order valence-corrected chi connectivity index (χ1v) is 5.18. The molecule has 0 saturated carbocycles. The van der Waals surface area contributed by atoms with Gasteiger partial charge in [-0.3, -0.25) is 4.79 Å². The van der Waals surface area contributed by atoms with E-state index in [-0.39, 0.29) is 16.9 Å². The van der Waals surface area contributed by atoms with Crippen LogP contribution in [0.1, 0.15) is 20.3 Å². The van der Waals surface area contributed by atoms with Crippen LogP contribution in [0.2, 0.25) is 0 Å². The molecule has 4 heteroatoms. The average molecular weight is 253 g/mol. The van der Waals surface area contributed by atoms with Crippen LogP contribution < -0.4 is 0 Å². The van der Waals surface area contributed by atoms with E-state index in [9.17, 15) is 4.79 Å². The molecule has 3 nitrogen and oxygen atoms in total. The van der Waals surface area contributed by atoms with Crippen molar-refractivity contribution in [2.24, 2.45) is 5.92 Å². The zero-order chi connectivity index (χ0) is 10.4. The number of carbonyl (C=O) groups excluding carboxylic acids is 1.